The van der Waals surface area contributed by atoms with E-state index in [1.54, 1.807) is 21.3 Å². The molecule has 0 spiro atoms. The van der Waals surface area contributed by atoms with Crippen LogP contribution in [0, 0.1) is 6.92 Å². The van der Waals surface area contributed by atoms with Crippen molar-refractivity contribution in [2.24, 2.45) is 0 Å². The number of aryl methyl sites for hydroxylation is 1. The number of methoxy groups -OCH3 is 3. The fourth-order valence-corrected chi connectivity index (χ4v) is 3.06. The quantitative estimate of drug-likeness (QED) is 0.584. The summed E-state index contributed by atoms with van der Waals surface area (Å²) in [5.74, 6) is 2.32. The number of hydrogen-bond donors (Lipinski definition) is 1. The van der Waals surface area contributed by atoms with Crippen molar-refractivity contribution < 1.29 is 14.2 Å². The molecular weight excluding hydrogens is 344 g/mol. The van der Waals surface area contributed by atoms with E-state index in [9.17, 15) is 0 Å². The molecule has 138 valence electrons. The standard InChI is InChI=1S/C20H20N4O3/c1-12-5-7-13(8-6-12)15-11-18-21-22-20(24(18)23-15)14-9-16(25-2)19(27-4)17(10-14)26-3/h5-11,23H,1-4H3. The van der Waals surface area contributed by atoms with Crippen LogP contribution in [0.4, 0.5) is 0 Å². The summed E-state index contributed by atoms with van der Waals surface area (Å²) in [6.45, 7) is 2.07. The summed E-state index contributed by atoms with van der Waals surface area (Å²) >= 11 is 0. The summed E-state index contributed by atoms with van der Waals surface area (Å²) in [6.07, 6.45) is 0. The van der Waals surface area contributed by atoms with E-state index in [0.29, 0.717) is 23.1 Å². The van der Waals surface area contributed by atoms with Crippen LogP contribution in [0.3, 0.4) is 0 Å². The SMILES string of the molecule is COc1cc(-c2nnc3cc(-c4ccc(C)cc4)[nH]n23)cc(OC)c1OC. The average molecular weight is 364 g/mol. The number of aromatic amines is 1. The highest BCUT2D eigenvalue weighted by molar-refractivity contribution is 5.70. The molecule has 0 amide bonds. The number of aromatic nitrogens is 4. The van der Waals surface area contributed by atoms with Crippen molar-refractivity contribution in [3.05, 3.63) is 48.0 Å². The molecule has 0 aliphatic heterocycles. The first-order chi connectivity index (χ1) is 13.1. The highest BCUT2D eigenvalue weighted by Crippen LogP contribution is 2.40. The number of benzene rings is 2. The van der Waals surface area contributed by atoms with Gasteiger partial charge in [0.2, 0.25) is 5.75 Å². The van der Waals surface area contributed by atoms with Crippen LogP contribution in [0.2, 0.25) is 0 Å². The lowest BCUT2D eigenvalue weighted by Gasteiger charge is -2.13. The normalized spacial score (nSPS) is 11.0. The molecule has 0 aliphatic rings. The lowest BCUT2D eigenvalue weighted by atomic mass is 10.1. The zero-order chi connectivity index (χ0) is 19.0. The maximum Gasteiger partial charge on any atom is 0.203 e. The van der Waals surface area contributed by atoms with Gasteiger partial charge in [0.05, 0.1) is 27.0 Å². The van der Waals surface area contributed by atoms with Crippen LogP contribution in [-0.2, 0) is 0 Å². The van der Waals surface area contributed by atoms with Crippen molar-refractivity contribution >= 4 is 5.65 Å². The second kappa shape index (κ2) is 6.68. The van der Waals surface area contributed by atoms with Crippen molar-refractivity contribution in [2.75, 3.05) is 21.3 Å². The minimum atomic E-state index is 0.538. The largest absolute Gasteiger partial charge is 0.493 e. The van der Waals surface area contributed by atoms with E-state index in [1.807, 2.05) is 22.7 Å². The number of nitrogens with one attached hydrogen (secondary N) is 1. The smallest absolute Gasteiger partial charge is 0.203 e. The van der Waals surface area contributed by atoms with Gasteiger partial charge in [0.1, 0.15) is 0 Å². The maximum atomic E-state index is 5.44. The number of fused-ring (bicyclic) bond motifs is 1. The van der Waals surface area contributed by atoms with Gasteiger partial charge in [0, 0.05) is 11.6 Å². The topological polar surface area (TPSA) is 73.7 Å². The minimum Gasteiger partial charge on any atom is -0.493 e. The molecule has 0 radical (unpaired) electrons. The Kier molecular flexibility index (Phi) is 4.19. The summed E-state index contributed by atoms with van der Waals surface area (Å²) in [4.78, 5) is 0. The molecule has 4 aromatic rings. The Morgan fingerprint density at radius 3 is 2.07 bits per heavy atom. The van der Waals surface area contributed by atoms with Crippen LogP contribution in [0.1, 0.15) is 5.56 Å². The number of hydrogen-bond acceptors (Lipinski definition) is 5. The average Bonchev–Trinajstić information content (AvgIpc) is 3.28. The highest BCUT2D eigenvalue weighted by atomic mass is 16.5. The van der Waals surface area contributed by atoms with Crippen molar-refractivity contribution in [1.29, 1.82) is 0 Å². The van der Waals surface area contributed by atoms with Gasteiger partial charge in [0.15, 0.2) is 23.0 Å². The van der Waals surface area contributed by atoms with Gasteiger partial charge in [-0.05, 0) is 24.6 Å². The van der Waals surface area contributed by atoms with Crippen molar-refractivity contribution in [1.82, 2.24) is 19.8 Å². The molecule has 0 fully saturated rings. The Bertz CT molecular complexity index is 1070. The van der Waals surface area contributed by atoms with Gasteiger partial charge >= 0.3 is 0 Å². The first-order valence-electron chi connectivity index (χ1n) is 8.46. The second-order valence-corrected chi connectivity index (χ2v) is 6.17. The van der Waals surface area contributed by atoms with Crippen LogP contribution < -0.4 is 14.2 Å². The number of rotatable bonds is 5. The molecule has 7 nitrogen and oxygen atoms in total. The molecule has 27 heavy (non-hydrogen) atoms. The van der Waals surface area contributed by atoms with Crippen molar-refractivity contribution in [2.45, 2.75) is 6.92 Å². The zero-order valence-electron chi connectivity index (χ0n) is 15.6. The van der Waals surface area contributed by atoms with Gasteiger partial charge in [-0.3, -0.25) is 5.10 Å². The van der Waals surface area contributed by atoms with Crippen LogP contribution in [-0.4, -0.2) is 41.1 Å². The fourth-order valence-electron chi connectivity index (χ4n) is 3.06. The Morgan fingerprint density at radius 1 is 0.815 bits per heavy atom. The molecule has 0 aliphatic carbocycles. The van der Waals surface area contributed by atoms with E-state index in [0.717, 1.165) is 22.5 Å². The second-order valence-electron chi connectivity index (χ2n) is 6.17. The van der Waals surface area contributed by atoms with E-state index < -0.39 is 0 Å². The summed E-state index contributed by atoms with van der Waals surface area (Å²) < 4.78 is 18.1. The summed E-state index contributed by atoms with van der Waals surface area (Å²) in [5.41, 5.74) is 4.80. The monoisotopic (exact) mass is 364 g/mol. The predicted molar refractivity (Wildman–Crippen MR) is 103 cm³/mol. The van der Waals surface area contributed by atoms with E-state index in [1.165, 1.54) is 5.56 Å². The Labute approximate surface area is 156 Å². The molecule has 2 aromatic carbocycles. The maximum absolute atomic E-state index is 5.44. The molecule has 0 unspecified atom stereocenters. The third kappa shape index (κ3) is 2.87. The van der Waals surface area contributed by atoms with Crippen LogP contribution in [0.15, 0.2) is 42.5 Å². The first-order valence-corrected chi connectivity index (χ1v) is 8.46. The molecule has 0 atom stereocenters. The molecule has 7 heteroatoms. The summed E-state index contributed by atoms with van der Waals surface area (Å²) in [5, 5.41) is 12.0. The van der Waals surface area contributed by atoms with Crippen LogP contribution in [0.25, 0.3) is 28.3 Å². The van der Waals surface area contributed by atoms with E-state index in [4.69, 9.17) is 14.2 Å². The first kappa shape index (κ1) is 17.0. The number of ether oxygens (including phenoxy) is 3. The fraction of sp³-hybridized carbons (Fsp3) is 0.200. The lowest BCUT2D eigenvalue weighted by Crippen LogP contribution is -1.97. The molecule has 1 N–H and O–H groups in total. The van der Waals surface area contributed by atoms with Gasteiger partial charge < -0.3 is 14.2 Å². The van der Waals surface area contributed by atoms with E-state index in [2.05, 4.69) is 46.5 Å². The summed E-state index contributed by atoms with van der Waals surface area (Å²) in [7, 11) is 4.75. The highest BCUT2D eigenvalue weighted by Gasteiger charge is 2.18. The van der Waals surface area contributed by atoms with Gasteiger partial charge in [-0.25, -0.2) is 4.52 Å². The molecule has 0 saturated heterocycles. The van der Waals surface area contributed by atoms with Gasteiger partial charge in [-0.1, -0.05) is 29.8 Å². The van der Waals surface area contributed by atoms with Crippen LogP contribution >= 0.6 is 0 Å². The Balaban J connectivity index is 1.84. The molecule has 4 rings (SSSR count). The number of nitrogens with zero attached hydrogens (tertiary/aromatic N) is 3. The van der Waals surface area contributed by atoms with Crippen molar-refractivity contribution in [3.63, 3.8) is 0 Å². The van der Waals surface area contributed by atoms with Gasteiger partial charge in [-0.15, -0.1) is 10.2 Å². The Hall–Kier alpha value is -3.48. The molecule has 2 heterocycles. The molecule has 2 aromatic heterocycles. The van der Waals surface area contributed by atoms with Crippen molar-refractivity contribution in [3.8, 4) is 39.9 Å². The van der Waals surface area contributed by atoms with E-state index in [-0.39, 0.29) is 0 Å². The van der Waals surface area contributed by atoms with Gasteiger partial charge in [-0.2, -0.15) is 0 Å². The molecule has 0 saturated carbocycles. The molecular formula is C20H20N4O3. The van der Waals surface area contributed by atoms with Crippen LogP contribution in [0.5, 0.6) is 17.2 Å². The third-order valence-electron chi connectivity index (χ3n) is 4.48. The molecule has 0 bridgehead atoms. The van der Waals surface area contributed by atoms with Gasteiger partial charge in [0.25, 0.3) is 0 Å². The summed E-state index contributed by atoms with van der Waals surface area (Å²) in [6, 6.07) is 14.0. The number of H-pyrrole nitrogens is 1. The zero-order valence-corrected chi connectivity index (χ0v) is 15.6. The Morgan fingerprint density at radius 2 is 1.48 bits per heavy atom. The lowest BCUT2D eigenvalue weighted by molar-refractivity contribution is 0.324. The third-order valence-corrected chi connectivity index (χ3v) is 4.48. The van der Waals surface area contributed by atoms with E-state index >= 15 is 0 Å². The predicted octanol–water partition coefficient (Wildman–Crippen LogP) is 3.73. The minimum absolute atomic E-state index is 0.538.